The number of hydrogen-bond donors (Lipinski definition) is 2. The fraction of sp³-hybridized carbons (Fsp3) is 0.500. The third-order valence-corrected chi connectivity index (χ3v) is 2.70. The van der Waals surface area contributed by atoms with Gasteiger partial charge in [-0.1, -0.05) is 6.42 Å². The van der Waals surface area contributed by atoms with E-state index in [1.807, 2.05) is 0 Å². The molecule has 0 saturated heterocycles. The molecule has 0 unspecified atom stereocenters. The number of nitrogens with two attached hydrogens (primary N) is 1. The van der Waals surface area contributed by atoms with E-state index in [0.717, 1.165) is 18.4 Å². The maximum absolute atomic E-state index is 11.0. The minimum Gasteiger partial charge on any atom is -0.366 e. The number of carbonyl (C=O) groups excluding carboxylic acids is 1. The standard InChI is InChI=1S/C10H14N2O/c11-10(13)8-6-12-9-5-3-1-2-4-7(8)9/h6,12H,1-5H2,(H2,11,13). The van der Waals surface area contributed by atoms with E-state index in [2.05, 4.69) is 4.98 Å². The highest BCUT2D eigenvalue weighted by atomic mass is 16.1. The lowest BCUT2D eigenvalue weighted by molar-refractivity contribution is 0.0999. The van der Waals surface area contributed by atoms with Crippen LogP contribution < -0.4 is 5.73 Å². The van der Waals surface area contributed by atoms with Gasteiger partial charge in [-0.05, 0) is 31.2 Å². The molecule has 1 aliphatic carbocycles. The van der Waals surface area contributed by atoms with Gasteiger partial charge in [0, 0.05) is 11.9 Å². The van der Waals surface area contributed by atoms with Gasteiger partial charge in [0.15, 0.2) is 0 Å². The Labute approximate surface area is 77.3 Å². The molecular weight excluding hydrogens is 164 g/mol. The number of rotatable bonds is 1. The normalized spacial score (nSPS) is 16.3. The average Bonchev–Trinajstić information content (AvgIpc) is 2.36. The van der Waals surface area contributed by atoms with Gasteiger partial charge >= 0.3 is 0 Å². The predicted molar refractivity (Wildman–Crippen MR) is 50.6 cm³/mol. The van der Waals surface area contributed by atoms with E-state index in [4.69, 9.17) is 5.73 Å². The molecule has 1 aromatic rings. The molecule has 0 fully saturated rings. The number of amides is 1. The maximum atomic E-state index is 11.0. The van der Waals surface area contributed by atoms with Gasteiger partial charge in [-0.25, -0.2) is 0 Å². The number of primary amides is 1. The zero-order valence-corrected chi connectivity index (χ0v) is 7.60. The van der Waals surface area contributed by atoms with Crippen LogP contribution in [-0.2, 0) is 12.8 Å². The van der Waals surface area contributed by atoms with Crippen molar-refractivity contribution in [3.8, 4) is 0 Å². The second kappa shape index (κ2) is 3.24. The molecule has 1 aliphatic rings. The molecule has 1 aromatic heterocycles. The topological polar surface area (TPSA) is 58.9 Å². The number of aryl methyl sites for hydroxylation is 1. The molecule has 1 amide bonds. The fourth-order valence-corrected chi connectivity index (χ4v) is 2.00. The van der Waals surface area contributed by atoms with Crippen molar-refractivity contribution in [1.29, 1.82) is 0 Å². The van der Waals surface area contributed by atoms with Crippen molar-refractivity contribution in [2.75, 3.05) is 0 Å². The molecule has 3 N–H and O–H groups in total. The fourth-order valence-electron chi connectivity index (χ4n) is 2.00. The van der Waals surface area contributed by atoms with Crippen molar-refractivity contribution in [3.63, 3.8) is 0 Å². The Hall–Kier alpha value is -1.25. The molecule has 0 atom stereocenters. The summed E-state index contributed by atoms with van der Waals surface area (Å²) in [6.07, 6.45) is 7.44. The molecule has 0 radical (unpaired) electrons. The van der Waals surface area contributed by atoms with Crippen LogP contribution in [0.25, 0.3) is 0 Å². The monoisotopic (exact) mass is 178 g/mol. The lowest BCUT2D eigenvalue weighted by Gasteiger charge is -1.99. The van der Waals surface area contributed by atoms with E-state index >= 15 is 0 Å². The highest BCUT2D eigenvalue weighted by Crippen LogP contribution is 2.22. The Morgan fingerprint density at radius 1 is 1.31 bits per heavy atom. The second-order valence-corrected chi connectivity index (χ2v) is 3.58. The molecule has 2 rings (SSSR count). The summed E-state index contributed by atoms with van der Waals surface area (Å²) in [4.78, 5) is 14.2. The zero-order chi connectivity index (χ0) is 9.26. The van der Waals surface area contributed by atoms with Crippen molar-refractivity contribution in [1.82, 2.24) is 4.98 Å². The molecule has 1 heterocycles. The number of hydrogen-bond acceptors (Lipinski definition) is 1. The lowest BCUT2D eigenvalue weighted by Crippen LogP contribution is -2.12. The van der Waals surface area contributed by atoms with Crippen LogP contribution >= 0.6 is 0 Å². The zero-order valence-electron chi connectivity index (χ0n) is 7.60. The molecule has 3 nitrogen and oxygen atoms in total. The summed E-state index contributed by atoms with van der Waals surface area (Å²) in [6.45, 7) is 0. The van der Waals surface area contributed by atoms with Crippen molar-refractivity contribution >= 4 is 5.91 Å². The number of aromatic amines is 1. The molecule has 0 aliphatic heterocycles. The van der Waals surface area contributed by atoms with Gasteiger partial charge in [-0.3, -0.25) is 4.79 Å². The minimum absolute atomic E-state index is 0.306. The van der Waals surface area contributed by atoms with E-state index in [9.17, 15) is 4.79 Å². The van der Waals surface area contributed by atoms with Gasteiger partial charge in [0.2, 0.25) is 0 Å². The van der Waals surface area contributed by atoms with Gasteiger partial charge in [-0.15, -0.1) is 0 Å². The third-order valence-electron chi connectivity index (χ3n) is 2.70. The van der Waals surface area contributed by atoms with Crippen LogP contribution in [0.4, 0.5) is 0 Å². The summed E-state index contributed by atoms with van der Waals surface area (Å²) in [5.41, 5.74) is 8.34. The van der Waals surface area contributed by atoms with Crippen LogP contribution in [0.1, 0.15) is 40.9 Å². The Kier molecular flexibility index (Phi) is 2.08. The highest BCUT2D eigenvalue weighted by molar-refractivity contribution is 5.94. The SMILES string of the molecule is NC(=O)c1c[nH]c2c1CCCCC2. The molecule has 0 spiro atoms. The Morgan fingerprint density at radius 2 is 2.08 bits per heavy atom. The molecule has 13 heavy (non-hydrogen) atoms. The number of H-pyrrole nitrogens is 1. The largest absolute Gasteiger partial charge is 0.366 e. The van der Waals surface area contributed by atoms with Crippen LogP contribution in [0.15, 0.2) is 6.20 Å². The molecular formula is C10H14N2O. The van der Waals surface area contributed by atoms with Crippen molar-refractivity contribution in [2.45, 2.75) is 32.1 Å². The molecule has 0 bridgehead atoms. The summed E-state index contributed by atoms with van der Waals surface area (Å²) in [5, 5.41) is 0. The first-order chi connectivity index (χ1) is 6.29. The predicted octanol–water partition coefficient (Wildman–Crippen LogP) is 1.38. The maximum Gasteiger partial charge on any atom is 0.250 e. The first-order valence-electron chi connectivity index (χ1n) is 4.78. The summed E-state index contributed by atoms with van der Waals surface area (Å²) < 4.78 is 0. The highest BCUT2D eigenvalue weighted by Gasteiger charge is 2.16. The Bertz CT molecular complexity index is 328. The van der Waals surface area contributed by atoms with Gasteiger partial charge in [0.1, 0.15) is 0 Å². The average molecular weight is 178 g/mol. The first-order valence-corrected chi connectivity index (χ1v) is 4.78. The van der Waals surface area contributed by atoms with E-state index in [1.165, 1.54) is 25.0 Å². The lowest BCUT2D eigenvalue weighted by atomic mass is 10.1. The molecule has 0 aromatic carbocycles. The number of nitrogens with one attached hydrogen (secondary N) is 1. The van der Waals surface area contributed by atoms with E-state index in [0.29, 0.717) is 5.56 Å². The minimum atomic E-state index is -0.306. The second-order valence-electron chi connectivity index (χ2n) is 3.58. The van der Waals surface area contributed by atoms with Gasteiger partial charge in [-0.2, -0.15) is 0 Å². The van der Waals surface area contributed by atoms with Crippen LogP contribution in [0.5, 0.6) is 0 Å². The van der Waals surface area contributed by atoms with Crippen LogP contribution in [0, 0.1) is 0 Å². The van der Waals surface area contributed by atoms with Gasteiger partial charge < -0.3 is 10.7 Å². The van der Waals surface area contributed by atoms with E-state index < -0.39 is 0 Å². The quantitative estimate of drug-likeness (QED) is 0.627. The molecule has 0 saturated carbocycles. The molecule has 70 valence electrons. The van der Waals surface area contributed by atoms with Crippen molar-refractivity contribution < 1.29 is 4.79 Å². The van der Waals surface area contributed by atoms with E-state index in [1.54, 1.807) is 6.20 Å². The molecule has 3 heteroatoms. The first kappa shape index (κ1) is 8.35. The summed E-state index contributed by atoms with van der Waals surface area (Å²) in [6, 6.07) is 0. The van der Waals surface area contributed by atoms with Crippen molar-refractivity contribution in [2.24, 2.45) is 5.73 Å². The number of carbonyl (C=O) groups is 1. The van der Waals surface area contributed by atoms with Gasteiger partial charge in [0.05, 0.1) is 5.56 Å². The summed E-state index contributed by atoms with van der Waals surface area (Å²) >= 11 is 0. The van der Waals surface area contributed by atoms with Crippen LogP contribution in [-0.4, -0.2) is 10.9 Å². The van der Waals surface area contributed by atoms with Gasteiger partial charge in [0.25, 0.3) is 5.91 Å². The number of fused-ring (bicyclic) bond motifs is 1. The smallest absolute Gasteiger partial charge is 0.250 e. The third kappa shape index (κ3) is 1.46. The Balaban J connectivity index is 2.39. The summed E-state index contributed by atoms with van der Waals surface area (Å²) in [7, 11) is 0. The Morgan fingerprint density at radius 3 is 2.85 bits per heavy atom. The summed E-state index contributed by atoms with van der Waals surface area (Å²) in [5.74, 6) is -0.306. The van der Waals surface area contributed by atoms with E-state index in [-0.39, 0.29) is 5.91 Å². The number of aromatic nitrogens is 1. The van der Waals surface area contributed by atoms with Crippen LogP contribution in [0.2, 0.25) is 0 Å². The van der Waals surface area contributed by atoms with Crippen LogP contribution in [0.3, 0.4) is 0 Å². The van der Waals surface area contributed by atoms with Crippen molar-refractivity contribution in [3.05, 3.63) is 23.0 Å².